The van der Waals surface area contributed by atoms with Gasteiger partial charge in [0, 0.05) is 11.2 Å². The standard InChI is InChI=1S/C16H18ClN3O4S/c1-11(16(21)19-10-13-5-3-4-8-18-13)20-25(22,23)15-9-12(17)6-7-14(15)24-2/h3-9,11,20H,10H2,1-2H3,(H,19,21)/t11-/m0/s1. The van der Waals surface area contributed by atoms with Crippen LogP contribution in [0.1, 0.15) is 12.6 Å². The molecule has 1 aromatic carbocycles. The number of aromatic nitrogens is 1. The van der Waals surface area contributed by atoms with Crippen LogP contribution in [0.5, 0.6) is 5.75 Å². The van der Waals surface area contributed by atoms with Gasteiger partial charge in [0.15, 0.2) is 0 Å². The van der Waals surface area contributed by atoms with Crippen molar-refractivity contribution in [1.29, 1.82) is 0 Å². The van der Waals surface area contributed by atoms with Crippen molar-refractivity contribution in [2.24, 2.45) is 0 Å². The minimum absolute atomic E-state index is 0.133. The van der Waals surface area contributed by atoms with Gasteiger partial charge in [-0.25, -0.2) is 8.42 Å². The van der Waals surface area contributed by atoms with Crippen molar-refractivity contribution in [3.8, 4) is 5.75 Å². The lowest BCUT2D eigenvalue weighted by atomic mass is 10.3. The Balaban J connectivity index is 2.06. The fourth-order valence-corrected chi connectivity index (χ4v) is 3.68. The number of hydrogen-bond acceptors (Lipinski definition) is 5. The first-order valence-corrected chi connectivity index (χ1v) is 9.23. The molecule has 0 saturated carbocycles. The zero-order valence-corrected chi connectivity index (χ0v) is 15.3. The highest BCUT2D eigenvalue weighted by atomic mass is 35.5. The Morgan fingerprint density at radius 3 is 2.72 bits per heavy atom. The van der Waals surface area contributed by atoms with Crippen molar-refractivity contribution >= 4 is 27.5 Å². The van der Waals surface area contributed by atoms with Crippen LogP contribution < -0.4 is 14.8 Å². The van der Waals surface area contributed by atoms with Gasteiger partial charge in [0.25, 0.3) is 0 Å². The van der Waals surface area contributed by atoms with E-state index < -0.39 is 22.0 Å². The number of rotatable bonds is 7. The van der Waals surface area contributed by atoms with Gasteiger partial charge >= 0.3 is 0 Å². The number of ether oxygens (including phenoxy) is 1. The van der Waals surface area contributed by atoms with Crippen molar-refractivity contribution in [3.63, 3.8) is 0 Å². The lowest BCUT2D eigenvalue weighted by Gasteiger charge is -2.16. The highest BCUT2D eigenvalue weighted by Crippen LogP contribution is 2.27. The summed E-state index contributed by atoms with van der Waals surface area (Å²) in [4.78, 5) is 16.1. The van der Waals surface area contributed by atoms with Crippen molar-refractivity contribution < 1.29 is 17.9 Å². The van der Waals surface area contributed by atoms with Crippen LogP contribution >= 0.6 is 11.6 Å². The van der Waals surface area contributed by atoms with Crippen LogP contribution in [-0.2, 0) is 21.4 Å². The number of nitrogens with one attached hydrogen (secondary N) is 2. The van der Waals surface area contributed by atoms with E-state index in [1.54, 1.807) is 24.4 Å². The molecule has 2 N–H and O–H groups in total. The SMILES string of the molecule is COc1ccc(Cl)cc1S(=O)(=O)N[C@@H](C)C(=O)NCc1ccccn1. The number of carbonyl (C=O) groups excluding carboxylic acids is 1. The number of benzene rings is 1. The molecular formula is C16H18ClN3O4S. The predicted octanol–water partition coefficient (Wildman–Crippen LogP) is 1.73. The molecule has 0 aliphatic rings. The number of nitrogens with zero attached hydrogens (tertiary/aromatic N) is 1. The average molecular weight is 384 g/mol. The number of carbonyl (C=O) groups is 1. The number of methoxy groups -OCH3 is 1. The molecule has 0 bridgehead atoms. The van der Waals surface area contributed by atoms with Crippen molar-refractivity contribution in [2.45, 2.75) is 24.4 Å². The summed E-state index contributed by atoms with van der Waals surface area (Å²) in [5.41, 5.74) is 0.669. The van der Waals surface area contributed by atoms with E-state index in [-0.39, 0.29) is 22.2 Å². The maximum atomic E-state index is 12.5. The van der Waals surface area contributed by atoms with Crippen LogP contribution in [0.2, 0.25) is 5.02 Å². The smallest absolute Gasteiger partial charge is 0.245 e. The van der Waals surface area contributed by atoms with E-state index in [2.05, 4.69) is 15.0 Å². The van der Waals surface area contributed by atoms with E-state index in [1.165, 1.54) is 32.2 Å². The van der Waals surface area contributed by atoms with Gasteiger partial charge in [-0.3, -0.25) is 9.78 Å². The Kier molecular flexibility index (Phi) is 6.35. The lowest BCUT2D eigenvalue weighted by Crippen LogP contribution is -2.44. The van der Waals surface area contributed by atoms with Crippen LogP contribution in [-0.4, -0.2) is 32.5 Å². The molecule has 1 atom stereocenters. The van der Waals surface area contributed by atoms with Crippen LogP contribution in [0.25, 0.3) is 0 Å². The fraction of sp³-hybridized carbons (Fsp3) is 0.250. The minimum Gasteiger partial charge on any atom is -0.495 e. The fourth-order valence-electron chi connectivity index (χ4n) is 2.04. The van der Waals surface area contributed by atoms with Crippen molar-refractivity contribution in [3.05, 3.63) is 53.3 Å². The van der Waals surface area contributed by atoms with Gasteiger partial charge in [-0.1, -0.05) is 17.7 Å². The summed E-state index contributed by atoms with van der Waals surface area (Å²) in [6.07, 6.45) is 1.61. The molecule has 0 fully saturated rings. The molecule has 2 aromatic rings. The van der Waals surface area contributed by atoms with Crippen LogP contribution in [0.3, 0.4) is 0 Å². The first-order chi connectivity index (χ1) is 11.8. The molecule has 1 heterocycles. The summed E-state index contributed by atoms with van der Waals surface area (Å²) < 4.78 is 32.4. The second-order valence-electron chi connectivity index (χ2n) is 5.18. The monoisotopic (exact) mass is 383 g/mol. The maximum absolute atomic E-state index is 12.5. The summed E-state index contributed by atoms with van der Waals surface area (Å²) in [6.45, 7) is 1.65. The Morgan fingerprint density at radius 1 is 1.32 bits per heavy atom. The molecule has 0 aliphatic carbocycles. The van der Waals surface area contributed by atoms with Gasteiger partial charge in [0.1, 0.15) is 10.6 Å². The third-order valence-electron chi connectivity index (χ3n) is 3.31. The van der Waals surface area contributed by atoms with Gasteiger partial charge in [-0.15, -0.1) is 0 Å². The molecule has 1 aromatic heterocycles. The van der Waals surface area contributed by atoms with E-state index in [0.717, 1.165) is 0 Å². The molecule has 0 saturated heterocycles. The molecule has 0 spiro atoms. The average Bonchev–Trinajstić information content (AvgIpc) is 2.60. The van der Waals surface area contributed by atoms with E-state index in [0.29, 0.717) is 5.69 Å². The highest BCUT2D eigenvalue weighted by Gasteiger charge is 2.25. The summed E-state index contributed by atoms with van der Waals surface area (Å²) in [7, 11) is -2.64. The molecule has 0 unspecified atom stereocenters. The van der Waals surface area contributed by atoms with E-state index in [1.807, 2.05) is 0 Å². The number of sulfonamides is 1. The van der Waals surface area contributed by atoms with Crippen molar-refractivity contribution in [1.82, 2.24) is 15.0 Å². The van der Waals surface area contributed by atoms with Gasteiger partial charge in [-0.2, -0.15) is 4.72 Å². The van der Waals surface area contributed by atoms with Crippen LogP contribution in [0.4, 0.5) is 0 Å². The number of halogens is 1. The molecule has 0 aliphatic heterocycles. The van der Waals surface area contributed by atoms with Gasteiger partial charge in [-0.05, 0) is 37.3 Å². The third-order valence-corrected chi connectivity index (χ3v) is 5.11. The molecular weight excluding hydrogens is 366 g/mol. The Labute approximate surface area is 151 Å². The minimum atomic E-state index is -3.99. The van der Waals surface area contributed by atoms with Crippen LogP contribution in [0, 0.1) is 0 Å². The van der Waals surface area contributed by atoms with E-state index in [4.69, 9.17) is 16.3 Å². The van der Waals surface area contributed by atoms with Crippen molar-refractivity contribution in [2.75, 3.05) is 7.11 Å². The van der Waals surface area contributed by atoms with Gasteiger partial charge < -0.3 is 10.1 Å². The Morgan fingerprint density at radius 2 is 2.08 bits per heavy atom. The maximum Gasteiger partial charge on any atom is 0.245 e. The molecule has 2 rings (SSSR count). The topological polar surface area (TPSA) is 97.4 Å². The molecule has 7 nitrogen and oxygen atoms in total. The summed E-state index contributed by atoms with van der Waals surface area (Å²) in [6, 6.07) is 8.56. The first kappa shape index (κ1) is 19.2. The van der Waals surface area contributed by atoms with Gasteiger partial charge in [0.05, 0.1) is 25.4 Å². The second-order valence-corrected chi connectivity index (χ2v) is 7.30. The lowest BCUT2D eigenvalue weighted by molar-refractivity contribution is -0.122. The van der Waals surface area contributed by atoms with Gasteiger partial charge in [0.2, 0.25) is 15.9 Å². The number of pyridine rings is 1. The predicted molar refractivity (Wildman–Crippen MR) is 93.9 cm³/mol. The normalized spacial score (nSPS) is 12.4. The first-order valence-electron chi connectivity index (χ1n) is 7.37. The largest absolute Gasteiger partial charge is 0.495 e. The van der Waals surface area contributed by atoms with E-state index in [9.17, 15) is 13.2 Å². The summed E-state index contributed by atoms with van der Waals surface area (Å²) in [5.74, 6) is -0.340. The zero-order chi connectivity index (χ0) is 18.4. The number of amides is 1. The van der Waals surface area contributed by atoms with E-state index >= 15 is 0 Å². The molecule has 9 heteroatoms. The molecule has 1 amide bonds. The summed E-state index contributed by atoms with van der Waals surface area (Å²) in [5, 5.41) is 2.87. The second kappa shape index (κ2) is 8.28. The molecule has 134 valence electrons. The molecule has 0 radical (unpaired) electrons. The Hall–Kier alpha value is -2.16. The quantitative estimate of drug-likeness (QED) is 0.758. The highest BCUT2D eigenvalue weighted by molar-refractivity contribution is 7.89. The zero-order valence-electron chi connectivity index (χ0n) is 13.7. The molecule has 25 heavy (non-hydrogen) atoms. The number of hydrogen-bond donors (Lipinski definition) is 2. The Bertz CT molecular complexity index is 844. The third kappa shape index (κ3) is 5.15. The van der Waals surface area contributed by atoms with Crippen LogP contribution in [0.15, 0.2) is 47.5 Å². The summed E-state index contributed by atoms with van der Waals surface area (Å²) >= 11 is 5.86.